The first-order valence-electron chi connectivity index (χ1n) is 5.31. The van der Waals surface area contributed by atoms with Crippen molar-refractivity contribution in [3.63, 3.8) is 0 Å². The summed E-state index contributed by atoms with van der Waals surface area (Å²) < 4.78 is 0. The lowest BCUT2D eigenvalue weighted by molar-refractivity contribution is 0.407. The van der Waals surface area contributed by atoms with Crippen LogP contribution in [-0.4, -0.2) is 11.7 Å². The number of phenols is 1. The predicted octanol–water partition coefficient (Wildman–Crippen LogP) is 2.52. The number of hydrogen-bond donors (Lipinski definition) is 2. The highest BCUT2D eigenvalue weighted by Crippen LogP contribution is 2.29. The molecule has 1 aromatic carbocycles. The first-order chi connectivity index (χ1) is 6.79. The van der Waals surface area contributed by atoms with E-state index in [1.54, 1.807) is 6.07 Å². The molecular formula is C12H17NO. The quantitative estimate of drug-likeness (QED) is 0.715. The van der Waals surface area contributed by atoms with E-state index in [1.807, 2.05) is 13.0 Å². The van der Waals surface area contributed by atoms with Crippen molar-refractivity contribution in [2.24, 2.45) is 0 Å². The Morgan fingerprint density at radius 3 is 2.93 bits per heavy atom. The Hall–Kier alpha value is -1.02. The minimum Gasteiger partial charge on any atom is -0.508 e. The largest absolute Gasteiger partial charge is 0.508 e. The molecule has 1 heterocycles. The molecule has 0 saturated carbocycles. The van der Waals surface area contributed by atoms with Gasteiger partial charge in [0.05, 0.1) is 0 Å². The fourth-order valence-corrected chi connectivity index (χ4v) is 2.14. The summed E-state index contributed by atoms with van der Waals surface area (Å²) >= 11 is 0. The number of benzene rings is 1. The van der Waals surface area contributed by atoms with Gasteiger partial charge in [-0.25, -0.2) is 0 Å². The van der Waals surface area contributed by atoms with Crippen molar-refractivity contribution in [2.75, 3.05) is 6.54 Å². The summed E-state index contributed by atoms with van der Waals surface area (Å²) in [5, 5.41) is 13.1. The van der Waals surface area contributed by atoms with Crippen LogP contribution in [0.2, 0.25) is 0 Å². The zero-order valence-electron chi connectivity index (χ0n) is 8.59. The van der Waals surface area contributed by atoms with Crippen LogP contribution in [-0.2, 0) is 0 Å². The second kappa shape index (κ2) is 4.01. The molecule has 76 valence electrons. The van der Waals surface area contributed by atoms with Crippen LogP contribution in [0.25, 0.3) is 0 Å². The molecule has 0 bridgehead atoms. The van der Waals surface area contributed by atoms with Gasteiger partial charge >= 0.3 is 0 Å². The van der Waals surface area contributed by atoms with Crippen LogP contribution in [0.3, 0.4) is 0 Å². The van der Waals surface area contributed by atoms with Gasteiger partial charge in [-0.1, -0.05) is 18.6 Å². The van der Waals surface area contributed by atoms with Gasteiger partial charge in [0.25, 0.3) is 0 Å². The van der Waals surface area contributed by atoms with Crippen molar-refractivity contribution in [2.45, 2.75) is 32.2 Å². The maximum Gasteiger partial charge on any atom is 0.118 e. The van der Waals surface area contributed by atoms with E-state index in [1.165, 1.54) is 24.8 Å². The standard InChI is InChI=1S/C12H17NO/c1-9-10(5-4-7-12(9)14)11-6-2-3-8-13-11/h4-5,7,11,13-14H,2-3,6,8H2,1H3/t11-/m0/s1. The van der Waals surface area contributed by atoms with E-state index in [9.17, 15) is 5.11 Å². The third-order valence-electron chi connectivity index (χ3n) is 3.03. The summed E-state index contributed by atoms with van der Waals surface area (Å²) in [6.07, 6.45) is 3.74. The molecule has 1 aromatic rings. The van der Waals surface area contributed by atoms with Crippen molar-refractivity contribution in [3.8, 4) is 5.75 Å². The molecular weight excluding hydrogens is 174 g/mol. The lowest BCUT2D eigenvalue weighted by atomic mass is 9.94. The van der Waals surface area contributed by atoms with Crippen molar-refractivity contribution in [1.82, 2.24) is 5.32 Å². The summed E-state index contributed by atoms with van der Waals surface area (Å²) in [4.78, 5) is 0. The third kappa shape index (κ3) is 1.75. The average Bonchev–Trinajstić information content (AvgIpc) is 2.23. The Morgan fingerprint density at radius 1 is 1.36 bits per heavy atom. The van der Waals surface area contributed by atoms with Gasteiger partial charge in [0.2, 0.25) is 0 Å². The van der Waals surface area contributed by atoms with Gasteiger partial charge in [-0.15, -0.1) is 0 Å². The smallest absolute Gasteiger partial charge is 0.118 e. The highest BCUT2D eigenvalue weighted by atomic mass is 16.3. The Kier molecular flexibility index (Phi) is 2.73. The molecule has 0 amide bonds. The predicted molar refractivity (Wildman–Crippen MR) is 57.4 cm³/mol. The lowest BCUT2D eigenvalue weighted by Gasteiger charge is -2.25. The number of aromatic hydroxyl groups is 1. The molecule has 0 unspecified atom stereocenters. The molecule has 0 radical (unpaired) electrons. The van der Waals surface area contributed by atoms with Crippen LogP contribution in [0.15, 0.2) is 18.2 Å². The molecule has 1 saturated heterocycles. The second-order valence-electron chi connectivity index (χ2n) is 3.99. The minimum atomic E-state index is 0.412. The molecule has 2 nitrogen and oxygen atoms in total. The number of nitrogens with one attached hydrogen (secondary N) is 1. The van der Waals surface area contributed by atoms with Crippen LogP contribution < -0.4 is 5.32 Å². The topological polar surface area (TPSA) is 32.3 Å². The molecule has 1 aliphatic rings. The number of phenolic OH excluding ortho intramolecular Hbond substituents is 1. The summed E-state index contributed by atoms with van der Waals surface area (Å²) in [5.41, 5.74) is 2.27. The summed E-state index contributed by atoms with van der Waals surface area (Å²) in [5.74, 6) is 0.412. The lowest BCUT2D eigenvalue weighted by Crippen LogP contribution is -2.27. The fourth-order valence-electron chi connectivity index (χ4n) is 2.14. The highest BCUT2D eigenvalue weighted by Gasteiger charge is 2.17. The van der Waals surface area contributed by atoms with E-state index in [0.29, 0.717) is 11.8 Å². The SMILES string of the molecule is Cc1c(O)cccc1[C@@H]1CCCCN1. The highest BCUT2D eigenvalue weighted by molar-refractivity contribution is 5.39. The monoisotopic (exact) mass is 191 g/mol. The Morgan fingerprint density at radius 2 is 2.21 bits per heavy atom. The molecule has 0 spiro atoms. The first-order valence-corrected chi connectivity index (χ1v) is 5.31. The van der Waals surface area contributed by atoms with Crippen molar-refractivity contribution >= 4 is 0 Å². The van der Waals surface area contributed by atoms with Crippen LogP contribution in [0, 0.1) is 6.92 Å². The molecule has 14 heavy (non-hydrogen) atoms. The molecule has 0 aliphatic carbocycles. The van der Waals surface area contributed by atoms with E-state index in [-0.39, 0.29) is 0 Å². The molecule has 2 heteroatoms. The van der Waals surface area contributed by atoms with Crippen molar-refractivity contribution < 1.29 is 5.11 Å². The minimum absolute atomic E-state index is 0.412. The average molecular weight is 191 g/mol. The fraction of sp³-hybridized carbons (Fsp3) is 0.500. The zero-order valence-corrected chi connectivity index (χ0v) is 8.59. The molecule has 2 rings (SSSR count). The van der Waals surface area contributed by atoms with Gasteiger partial charge in [0, 0.05) is 6.04 Å². The third-order valence-corrected chi connectivity index (χ3v) is 3.03. The number of rotatable bonds is 1. The zero-order chi connectivity index (χ0) is 9.97. The van der Waals surface area contributed by atoms with Crippen molar-refractivity contribution in [1.29, 1.82) is 0 Å². The normalized spacial score (nSPS) is 22.2. The van der Waals surface area contributed by atoms with Crippen LogP contribution >= 0.6 is 0 Å². The van der Waals surface area contributed by atoms with E-state index in [2.05, 4.69) is 11.4 Å². The molecule has 1 fully saturated rings. The van der Waals surface area contributed by atoms with Crippen LogP contribution in [0.5, 0.6) is 5.75 Å². The van der Waals surface area contributed by atoms with Gasteiger partial charge in [-0.3, -0.25) is 0 Å². The van der Waals surface area contributed by atoms with E-state index in [0.717, 1.165) is 12.1 Å². The van der Waals surface area contributed by atoms with Gasteiger partial charge < -0.3 is 10.4 Å². The Bertz CT molecular complexity index is 316. The maximum absolute atomic E-state index is 9.60. The Labute approximate surface area is 85.0 Å². The summed E-state index contributed by atoms with van der Waals surface area (Å²) in [7, 11) is 0. The van der Waals surface area contributed by atoms with Crippen LogP contribution in [0.4, 0.5) is 0 Å². The summed E-state index contributed by atoms with van der Waals surface area (Å²) in [6.45, 7) is 3.08. The molecule has 1 aliphatic heterocycles. The molecule has 2 N–H and O–H groups in total. The molecule has 1 atom stereocenters. The van der Waals surface area contributed by atoms with E-state index >= 15 is 0 Å². The van der Waals surface area contributed by atoms with Gasteiger partial charge in [0.15, 0.2) is 0 Å². The van der Waals surface area contributed by atoms with E-state index in [4.69, 9.17) is 0 Å². The van der Waals surface area contributed by atoms with Crippen LogP contribution in [0.1, 0.15) is 36.4 Å². The number of piperidine rings is 1. The van der Waals surface area contributed by atoms with E-state index < -0.39 is 0 Å². The van der Waals surface area contributed by atoms with Gasteiger partial charge in [0.1, 0.15) is 5.75 Å². The molecule has 0 aromatic heterocycles. The van der Waals surface area contributed by atoms with Gasteiger partial charge in [-0.05, 0) is 43.5 Å². The second-order valence-corrected chi connectivity index (χ2v) is 3.99. The van der Waals surface area contributed by atoms with Crippen molar-refractivity contribution in [3.05, 3.63) is 29.3 Å². The first kappa shape index (κ1) is 9.53. The summed E-state index contributed by atoms with van der Waals surface area (Å²) in [6, 6.07) is 6.23. The Balaban J connectivity index is 2.26. The number of hydrogen-bond acceptors (Lipinski definition) is 2. The maximum atomic E-state index is 9.60. The van der Waals surface area contributed by atoms with Gasteiger partial charge in [-0.2, -0.15) is 0 Å².